The van der Waals surface area contributed by atoms with Crippen LogP contribution in [-0.2, 0) is 6.54 Å². The number of benzene rings is 1. The summed E-state index contributed by atoms with van der Waals surface area (Å²) in [6.07, 6.45) is 3.29. The Morgan fingerprint density at radius 2 is 2.00 bits per heavy atom. The number of ether oxygens (including phenoxy) is 1. The summed E-state index contributed by atoms with van der Waals surface area (Å²) in [6, 6.07) is 12.4. The lowest BCUT2D eigenvalue weighted by Crippen LogP contribution is -2.28. The third kappa shape index (κ3) is 4.03. The van der Waals surface area contributed by atoms with Crippen molar-refractivity contribution in [1.82, 2.24) is 19.6 Å². The molecule has 1 aromatic carbocycles. The first kappa shape index (κ1) is 18.5. The number of nitrogens with one attached hydrogen (secondary N) is 1. The van der Waals surface area contributed by atoms with Crippen molar-refractivity contribution in [3.63, 3.8) is 0 Å². The third-order valence-corrected chi connectivity index (χ3v) is 5.57. The number of hydrogen-bond acceptors (Lipinski definition) is 4. The topological polar surface area (TPSA) is 41.8 Å². The molecule has 0 spiro atoms. The number of imidazole rings is 1. The molecule has 0 unspecified atom stereocenters. The van der Waals surface area contributed by atoms with E-state index in [1.54, 1.807) is 0 Å². The molecule has 0 amide bonds. The molecule has 1 aliphatic rings. The van der Waals surface area contributed by atoms with Crippen LogP contribution in [0.5, 0.6) is 5.75 Å². The fourth-order valence-corrected chi connectivity index (χ4v) is 4.05. The molecule has 0 bridgehead atoms. The summed E-state index contributed by atoms with van der Waals surface area (Å²) in [5.74, 6) is 0.895. The van der Waals surface area contributed by atoms with E-state index in [1.807, 2.05) is 25.1 Å². The Morgan fingerprint density at radius 1 is 1.15 bits per heavy atom. The van der Waals surface area contributed by atoms with Gasteiger partial charge in [-0.3, -0.25) is 4.90 Å². The zero-order chi connectivity index (χ0) is 18.6. The van der Waals surface area contributed by atoms with E-state index >= 15 is 0 Å². The molecular formula is C21H25BrN4O. The minimum Gasteiger partial charge on any atom is -0.494 e. The van der Waals surface area contributed by atoms with E-state index in [2.05, 4.69) is 54.9 Å². The van der Waals surface area contributed by atoms with Gasteiger partial charge in [-0.15, -0.1) is 0 Å². The van der Waals surface area contributed by atoms with Crippen LogP contribution in [-0.4, -0.2) is 47.1 Å². The first-order valence-corrected chi connectivity index (χ1v) is 10.4. The quantitative estimate of drug-likeness (QED) is 0.667. The van der Waals surface area contributed by atoms with Gasteiger partial charge in [-0.2, -0.15) is 0 Å². The highest BCUT2D eigenvalue weighted by molar-refractivity contribution is 9.10. The summed E-state index contributed by atoms with van der Waals surface area (Å²) >= 11 is 3.66. The van der Waals surface area contributed by atoms with Crippen LogP contribution in [0.2, 0.25) is 0 Å². The maximum absolute atomic E-state index is 5.59. The highest BCUT2D eigenvalue weighted by Crippen LogP contribution is 2.30. The normalized spacial score (nSPS) is 15.8. The lowest BCUT2D eigenvalue weighted by atomic mass is 10.1. The van der Waals surface area contributed by atoms with E-state index in [9.17, 15) is 0 Å². The number of rotatable bonds is 5. The van der Waals surface area contributed by atoms with Gasteiger partial charge in [0.25, 0.3) is 0 Å². The summed E-state index contributed by atoms with van der Waals surface area (Å²) in [5, 5.41) is 3.48. The molecule has 1 saturated heterocycles. The molecular weight excluding hydrogens is 404 g/mol. The second-order valence-corrected chi connectivity index (χ2v) is 7.65. The summed E-state index contributed by atoms with van der Waals surface area (Å²) in [6.45, 7) is 7.87. The number of fused-ring (bicyclic) bond motifs is 1. The number of pyridine rings is 1. The van der Waals surface area contributed by atoms with Crippen LogP contribution in [0.25, 0.3) is 16.9 Å². The van der Waals surface area contributed by atoms with Crippen molar-refractivity contribution >= 4 is 21.6 Å². The Kier molecular flexibility index (Phi) is 5.76. The average molecular weight is 429 g/mol. The maximum atomic E-state index is 5.59. The van der Waals surface area contributed by atoms with Gasteiger partial charge in [-0.1, -0.05) is 0 Å². The van der Waals surface area contributed by atoms with Crippen LogP contribution in [0.4, 0.5) is 0 Å². The van der Waals surface area contributed by atoms with Crippen molar-refractivity contribution < 1.29 is 4.74 Å². The summed E-state index contributed by atoms with van der Waals surface area (Å²) in [4.78, 5) is 7.50. The fourth-order valence-electron chi connectivity index (χ4n) is 3.61. The molecule has 27 heavy (non-hydrogen) atoms. The number of aromatic nitrogens is 2. The van der Waals surface area contributed by atoms with Crippen LogP contribution >= 0.6 is 15.9 Å². The Morgan fingerprint density at radius 3 is 2.81 bits per heavy atom. The molecule has 142 valence electrons. The Labute approximate surface area is 168 Å². The van der Waals surface area contributed by atoms with Gasteiger partial charge in [0.2, 0.25) is 0 Å². The van der Waals surface area contributed by atoms with E-state index in [4.69, 9.17) is 9.72 Å². The molecule has 6 heteroatoms. The molecule has 3 heterocycles. The number of nitrogens with zero attached hydrogens (tertiary/aromatic N) is 3. The van der Waals surface area contributed by atoms with Gasteiger partial charge in [-0.25, -0.2) is 4.98 Å². The molecule has 1 aliphatic heterocycles. The summed E-state index contributed by atoms with van der Waals surface area (Å²) in [7, 11) is 0. The van der Waals surface area contributed by atoms with Crippen LogP contribution in [0.15, 0.2) is 47.1 Å². The number of hydrogen-bond donors (Lipinski definition) is 1. The highest BCUT2D eigenvalue weighted by atomic mass is 79.9. The predicted molar refractivity (Wildman–Crippen MR) is 112 cm³/mol. The lowest BCUT2D eigenvalue weighted by Gasteiger charge is -2.20. The van der Waals surface area contributed by atoms with E-state index in [1.165, 1.54) is 12.1 Å². The van der Waals surface area contributed by atoms with Crippen molar-refractivity contribution in [3.05, 3.63) is 52.8 Å². The Bertz CT molecular complexity index is 898. The van der Waals surface area contributed by atoms with E-state index < -0.39 is 0 Å². The molecule has 1 N–H and O–H groups in total. The van der Waals surface area contributed by atoms with E-state index in [0.717, 1.165) is 59.9 Å². The lowest BCUT2D eigenvalue weighted by molar-refractivity contribution is 0.281. The first-order chi connectivity index (χ1) is 13.3. The third-order valence-electron chi connectivity index (χ3n) is 4.95. The van der Waals surface area contributed by atoms with Crippen molar-refractivity contribution in [3.8, 4) is 17.0 Å². The van der Waals surface area contributed by atoms with Gasteiger partial charge < -0.3 is 14.5 Å². The molecule has 1 fully saturated rings. The summed E-state index contributed by atoms with van der Waals surface area (Å²) < 4.78 is 8.82. The van der Waals surface area contributed by atoms with Gasteiger partial charge in [0.1, 0.15) is 5.75 Å². The maximum Gasteiger partial charge on any atom is 0.152 e. The highest BCUT2D eigenvalue weighted by Gasteiger charge is 2.19. The van der Waals surface area contributed by atoms with Gasteiger partial charge in [0.05, 0.1) is 22.5 Å². The second kappa shape index (κ2) is 8.42. The zero-order valence-electron chi connectivity index (χ0n) is 15.6. The molecule has 0 aliphatic carbocycles. The smallest absolute Gasteiger partial charge is 0.152 e. The summed E-state index contributed by atoms with van der Waals surface area (Å²) in [5.41, 5.74) is 4.36. The van der Waals surface area contributed by atoms with Gasteiger partial charge in [-0.05, 0) is 78.8 Å². The molecule has 3 aromatic rings. The second-order valence-electron chi connectivity index (χ2n) is 6.79. The van der Waals surface area contributed by atoms with Gasteiger partial charge in [0.15, 0.2) is 5.65 Å². The predicted octanol–water partition coefficient (Wildman–Crippen LogP) is 3.96. The van der Waals surface area contributed by atoms with Crippen LogP contribution in [0.3, 0.4) is 0 Å². The molecule has 0 saturated carbocycles. The van der Waals surface area contributed by atoms with Crippen molar-refractivity contribution in [1.29, 1.82) is 0 Å². The van der Waals surface area contributed by atoms with Crippen molar-refractivity contribution in [2.45, 2.75) is 19.9 Å². The van der Waals surface area contributed by atoms with Crippen LogP contribution in [0, 0.1) is 0 Å². The largest absolute Gasteiger partial charge is 0.494 e. The van der Waals surface area contributed by atoms with Crippen LogP contribution < -0.4 is 10.1 Å². The molecule has 4 rings (SSSR count). The average Bonchev–Trinajstić information content (AvgIpc) is 2.86. The Balaban J connectivity index is 1.75. The Hall–Kier alpha value is -1.89. The minimum atomic E-state index is 0.675. The van der Waals surface area contributed by atoms with Gasteiger partial charge >= 0.3 is 0 Å². The SMILES string of the molecule is CCOc1ccc(-c2nc3c(Br)cccn3c2CN2CCCNCC2)cc1. The minimum absolute atomic E-state index is 0.675. The fraction of sp³-hybridized carbons (Fsp3) is 0.381. The zero-order valence-corrected chi connectivity index (χ0v) is 17.2. The van der Waals surface area contributed by atoms with Crippen molar-refractivity contribution in [2.24, 2.45) is 0 Å². The van der Waals surface area contributed by atoms with Crippen LogP contribution in [0.1, 0.15) is 19.0 Å². The standard InChI is InChI=1S/C21H25BrN4O/c1-2-27-17-8-6-16(7-9-17)20-19(15-25-12-4-10-23-11-14-25)26-13-3-5-18(22)21(26)24-20/h3,5-9,13,23H,2,4,10-12,14-15H2,1H3. The molecule has 0 atom stereocenters. The monoisotopic (exact) mass is 428 g/mol. The van der Waals surface area contributed by atoms with Crippen molar-refractivity contribution in [2.75, 3.05) is 32.8 Å². The first-order valence-electron chi connectivity index (χ1n) is 9.58. The van der Waals surface area contributed by atoms with E-state index in [-0.39, 0.29) is 0 Å². The molecule has 5 nitrogen and oxygen atoms in total. The number of halogens is 1. The van der Waals surface area contributed by atoms with E-state index in [0.29, 0.717) is 6.61 Å². The molecule has 0 radical (unpaired) electrons. The van der Waals surface area contributed by atoms with Gasteiger partial charge in [0, 0.05) is 31.4 Å². The molecule has 2 aromatic heterocycles.